The van der Waals surface area contributed by atoms with E-state index in [0.29, 0.717) is 0 Å². The summed E-state index contributed by atoms with van der Waals surface area (Å²) in [6.07, 6.45) is 1.95. The predicted octanol–water partition coefficient (Wildman–Crippen LogP) is 2.63. The summed E-state index contributed by atoms with van der Waals surface area (Å²) >= 11 is 5.01. The van der Waals surface area contributed by atoms with Crippen LogP contribution < -0.4 is 5.32 Å². The molecule has 1 atom stereocenters. The average Bonchev–Trinajstić information content (AvgIpc) is 2.98. The van der Waals surface area contributed by atoms with E-state index in [2.05, 4.69) is 42.9 Å². The topological polar surface area (TPSA) is 55.6 Å². The second kappa shape index (κ2) is 6.58. The summed E-state index contributed by atoms with van der Waals surface area (Å²) < 4.78 is 6.98. The highest BCUT2D eigenvalue weighted by molar-refractivity contribution is 9.10. The van der Waals surface area contributed by atoms with Gasteiger partial charge in [-0.25, -0.2) is 0 Å². The SMILES string of the molecule is CCCNC(Cc1c(Br)c(C)nn1C)c1csnn1. The zero-order chi connectivity index (χ0) is 13.8. The average molecular weight is 344 g/mol. The molecule has 104 valence electrons. The Morgan fingerprint density at radius 2 is 2.32 bits per heavy atom. The van der Waals surface area contributed by atoms with E-state index in [0.717, 1.165) is 35.2 Å². The number of nitrogens with one attached hydrogen (secondary N) is 1. The normalized spacial score (nSPS) is 12.8. The van der Waals surface area contributed by atoms with Crippen LogP contribution in [0.25, 0.3) is 0 Å². The molecule has 0 aliphatic carbocycles. The molecule has 2 heterocycles. The molecule has 0 amide bonds. The van der Waals surface area contributed by atoms with Crippen molar-refractivity contribution in [3.63, 3.8) is 0 Å². The Hall–Kier alpha value is -0.790. The van der Waals surface area contributed by atoms with Crippen molar-refractivity contribution < 1.29 is 0 Å². The van der Waals surface area contributed by atoms with E-state index in [9.17, 15) is 0 Å². The lowest BCUT2D eigenvalue weighted by Crippen LogP contribution is -2.25. The van der Waals surface area contributed by atoms with Crippen molar-refractivity contribution in [3.05, 3.63) is 26.9 Å². The van der Waals surface area contributed by atoms with E-state index in [1.165, 1.54) is 17.2 Å². The van der Waals surface area contributed by atoms with Crippen LogP contribution in [0.5, 0.6) is 0 Å². The zero-order valence-electron chi connectivity index (χ0n) is 11.4. The molecule has 0 spiro atoms. The van der Waals surface area contributed by atoms with Crippen LogP contribution >= 0.6 is 27.5 Å². The highest BCUT2D eigenvalue weighted by atomic mass is 79.9. The van der Waals surface area contributed by atoms with Crippen LogP contribution in [0.15, 0.2) is 9.85 Å². The van der Waals surface area contributed by atoms with Gasteiger partial charge < -0.3 is 5.32 Å². The minimum absolute atomic E-state index is 0.185. The molecular weight excluding hydrogens is 326 g/mol. The Morgan fingerprint density at radius 3 is 2.84 bits per heavy atom. The van der Waals surface area contributed by atoms with E-state index in [1.54, 1.807) is 0 Å². The Bertz CT molecular complexity index is 522. The zero-order valence-corrected chi connectivity index (χ0v) is 13.8. The van der Waals surface area contributed by atoms with Crippen LogP contribution in [0, 0.1) is 6.92 Å². The maximum Gasteiger partial charge on any atom is 0.0928 e. The summed E-state index contributed by atoms with van der Waals surface area (Å²) in [4.78, 5) is 0. The van der Waals surface area contributed by atoms with Gasteiger partial charge in [0.25, 0.3) is 0 Å². The van der Waals surface area contributed by atoms with Crippen molar-refractivity contribution >= 4 is 27.5 Å². The van der Waals surface area contributed by atoms with Gasteiger partial charge in [0.1, 0.15) is 0 Å². The van der Waals surface area contributed by atoms with Gasteiger partial charge in [-0.2, -0.15) is 5.10 Å². The van der Waals surface area contributed by atoms with Crippen LogP contribution in [0.1, 0.15) is 36.5 Å². The van der Waals surface area contributed by atoms with Crippen molar-refractivity contribution in [3.8, 4) is 0 Å². The molecule has 0 aliphatic rings. The van der Waals surface area contributed by atoms with Gasteiger partial charge in [0.2, 0.25) is 0 Å². The molecule has 0 aliphatic heterocycles. The van der Waals surface area contributed by atoms with Gasteiger partial charge in [0.05, 0.1) is 27.6 Å². The third kappa shape index (κ3) is 3.40. The van der Waals surface area contributed by atoms with Crippen LogP contribution in [0.3, 0.4) is 0 Å². The number of nitrogens with zero attached hydrogens (tertiary/aromatic N) is 4. The fraction of sp³-hybridized carbons (Fsp3) is 0.583. The number of hydrogen-bond donors (Lipinski definition) is 1. The van der Waals surface area contributed by atoms with Crippen molar-refractivity contribution in [2.45, 2.75) is 32.7 Å². The molecule has 1 unspecified atom stereocenters. The molecular formula is C12H18BrN5S. The Kier molecular flexibility index (Phi) is 5.06. The Balaban J connectivity index is 2.20. The smallest absolute Gasteiger partial charge is 0.0928 e. The molecule has 0 bridgehead atoms. The van der Waals surface area contributed by atoms with Crippen LogP contribution in [-0.4, -0.2) is 25.9 Å². The van der Waals surface area contributed by atoms with Gasteiger partial charge in [-0.05, 0) is 47.4 Å². The van der Waals surface area contributed by atoms with E-state index >= 15 is 0 Å². The van der Waals surface area contributed by atoms with E-state index in [1.807, 2.05) is 24.0 Å². The van der Waals surface area contributed by atoms with E-state index in [-0.39, 0.29) is 6.04 Å². The Labute approximate surface area is 125 Å². The van der Waals surface area contributed by atoms with Crippen molar-refractivity contribution in [1.29, 1.82) is 0 Å². The van der Waals surface area contributed by atoms with Crippen molar-refractivity contribution in [2.24, 2.45) is 7.05 Å². The highest BCUT2D eigenvalue weighted by Crippen LogP contribution is 2.25. The minimum atomic E-state index is 0.185. The molecule has 2 aromatic heterocycles. The van der Waals surface area contributed by atoms with Gasteiger partial charge in [0.15, 0.2) is 0 Å². The van der Waals surface area contributed by atoms with Crippen LogP contribution in [-0.2, 0) is 13.5 Å². The fourth-order valence-corrected chi connectivity index (χ4v) is 3.02. The van der Waals surface area contributed by atoms with Gasteiger partial charge >= 0.3 is 0 Å². The first-order valence-electron chi connectivity index (χ1n) is 6.31. The number of hydrogen-bond acceptors (Lipinski definition) is 5. The lowest BCUT2D eigenvalue weighted by atomic mass is 10.1. The maximum atomic E-state index is 4.43. The predicted molar refractivity (Wildman–Crippen MR) is 80.3 cm³/mol. The molecule has 2 aromatic rings. The molecule has 0 saturated heterocycles. The lowest BCUT2D eigenvalue weighted by molar-refractivity contribution is 0.500. The van der Waals surface area contributed by atoms with E-state index in [4.69, 9.17) is 0 Å². The van der Waals surface area contributed by atoms with Gasteiger partial charge in [-0.3, -0.25) is 4.68 Å². The monoisotopic (exact) mass is 343 g/mol. The molecule has 1 N–H and O–H groups in total. The molecule has 0 saturated carbocycles. The summed E-state index contributed by atoms with van der Waals surface area (Å²) in [5, 5.41) is 14.2. The summed E-state index contributed by atoms with van der Waals surface area (Å²) in [6.45, 7) is 5.14. The van der Waals surface area contributed by atoms with Gasteiger partial charge in [0, 0.05) is 18.8 Å². The number of rotatable bonds is 6. The lowest BCUT2D eigenvalue weighted by Gasteiger charge is -2.16. The number of halogens is 1. The minimum Gasteiger partial charge on any atom is -0.308 e. The second-order valence-electron chi connectivity index (χ2n) is 4.51. The standard InChI is InChI=1S/C12H18BrN5S/c1-4-5-14-9(10-7-19-17-15-10)6-11-12(13)8(2)16-18(11)3/h7,9,14H,4-6H2,1-3H3. The number of aromatic nitrogens is 4. The second-order valence-corrected chi connectivity index (χ2v) is 5.91. The highest BCUT2D eigenvalue weighted by Gasteiger charge is 2.19. The molecule has 7 heteroatoms. The summed E-state index contributed by atoms with van der Waals surface area (Å²) in [5.74, 6) is 0. The van der Waals surface area contributed by atoms with E-state index < -0.39 is 0 Å². The molecule has 5 nitrogen and oxygen atoms in total. The summed E-state index contributed by atoms with van der Waals surface area (Å²) in [6, 6.07) is 0.185. The van der Waals surface area contributed by atoms with Crippen LogP contribution in [0.4, 0.5) is 0 Å². The summed E-state index contributed by atoms with van der Waals surface area (Å²) in [5.41, 5.74) is 3.20. The molecule has 0 fully saturated rings. The first kappa shape index (κ1) is 14.6. The summed E-state index contributed by atoms with van der Waals surface area (Å²) in [7, 11) is 1.98. The Morgan fingerprint density at radius 1 is 1.53 bits per heavy atom. The first-order chi connectivity index (χ1) is 9.13. The molecule has 0 aromatic carbocycles. The van der Waals surface area contributed by atoms with Crippen molar-refractivity contribution in [2.75, 3.05) is 6.54 Å². The van der Waals surface area contributed by atoms with Crippen LogP contribution in [0.2, 0.25) is 0 Å². The van der Waals surface area contributed by atoms with Gasteiger partial charge in [-0.1, -0.05) is 11.4 Å². The maximum absolute atomic E-state index is 4.43. The first-order valence-corrected chi connectivity index (χ1v) is 7.94. The third-order valence-corrected chi connectivity index (χ3v) is 4.59. The third-order valence-electron chi connectivity index (χ3n) is 3.03. The molecule has 2 rings (SSSR count). The molecule has 19 heavy (non-hydrogen) atoms. The number of aryl methyl sites for hydroxylation is 2. The largest absolute Gasteiger partial charge is 0.308 e. The quantitative estimate of drug-likeness (QED) is 0.875. The fourth-order valence-electron chi connectivity index (χ4n) is 2.02. The van der Waals surface area contributed by atoms with Crippen molar-refractivity contribution in [1.82, 2.24) is 24.7 Å². The van der Waals surface area contributed by atoms with Gasteiger partial charge in [-0.15, -0.1) is 5.10 Å². The molecule has 0 radical (unpaired) electrons.